The molecule has 6 nitrogen and oxygen atoms in total. The topological polar surface area (TPSA) is 82.5 Å². The van der Waals surface area contributed by atoms with Crippen molar-refractivity contribution in [2.24, 2.45) is 0 Å². The third-order valence-electron chi connectivity index (χ3n) is 3.29. The van der Waals surface area contributed by atoms with Crippen LogP contribution in [0.15, 0.2) is 0 Å². The van der Waals surface area contributed by atoms with E-state index in [1.807, 2.05) is 0 Å². The van der Waals surface area contributed by atoms with Crippen LogP contribution in [0.4, 0.5) is 5.13 Å². The zero-order valence-electron chi connectivity index (χ0n) is 11.7. The van der Waals surface area contributed by atoms with Crippen molar-refractivity contribution in [3.63, 3.8) is 0 Å². The van der Waals surface area contributed by atoms with Crippen molar-refractivity contribution >= 4 is 28.2 Å². The fourth-order valence-electron chi connectivity index (χ4n) is 2.12. The SMILES string of the molecule is CCN(CCNc1nc(C(=O)O)c(C(C)=O)s1)C1CC1. The monoisotopic (exact) mass is 297 g/mol. The molecular formula is C13H19N3O3S. The van der Waals surface area contributed by atoms with Crippen molar-refractivity contribution in [2.75, 3.05) is 25.0 Å². The number of hydrogen-bond donors (Lipinski definition) is 2. The Balaban J connectivity index is 1.94. The van der Waals surface area contributed by atoms with Crippen molar-refractivity contribution in [2.45, 2.75) is 32.7 Å². The standard InChI is InChI=1S/C13H19N3O3S/c1-3-16(9-4-5-9)7-6-14-13-15-10(12(18)19)11(20-13)8(2)17/h9H,3-7H2,1-2H3,(H,14,15)(H,18,19). The Hall–Kier alpha value is -1.47. The normalized spacial score (nSPS) is 14.6. The van der Waals surface area contributed by atoms with Gasteiger partial charge in [-0.1, -0.05) is 18.3 Å². The molecule has 2 rings (SSSR count). The molecule has 1 aromatic rings. The van der Waals surface area contributed by atoms with E-state index in [0.29, 0.717) is 17.7 Å². The van der Waals surface area contributed by atoms with E-state index in [9.17, 15) is 9.59 Å². The third-order valence-corrected chi connectivity index (χ3v) is 4.41. The van der Waals surface area contributed by atoms with Gasteiger partial charge in [-0.3, -0.25) is 9.69 Å². The molecule has 1 aromatic heterocycles. The lowest BCUT2D eigenvalue weighted by Crippen LogP contribution is -2.30. The molecule has 110 valence electrons. The number of nitrogens with zero attached hydrogens (tertiary/aromatic N) is 2. The zero-order chi connectivity index (χ0) is 14.7. The van der Waals surface area contributed by atoms with Crippen LogP contribution in [0.5, 0.6) is 0 Å². The molecule has 0 saturated heterocycles. The van der Waals surface area contributed by atoms with Crippen LogP contribution >= 0.6 is 11.3 Å². The molecule has 1 aliphatic carbocycles. The van der Waals surface area contributed by atoms with Crippen molar-refractivity contribution in [1.82, 2.24) is 9.88 Å². The largest absolute Gasteiger partial charge is 0.476 e. The Labute approximate surface area is 121 Å². The number of carboxylic acids is 1. The number of anilines is 1. The Morgan fingerprint density at radius 1 is 1.50 bits per heavy atom. The predicted octanol–water partition coefficient (Wildman–Crippen LogP) is 1.94. The van der Waals surface area contributed by atoms with Gasteiger partial charge in [0.25, 0.3) is 0 Å². The van der Waals surface area contributed by atoms with Gasteiger partial charge in [0.2, 0.25) is 0 Å². The Morgan fingerprint density at radius 2 is 2.20 bits per heavy atom. The molecule has 0 amide bonds. The second kappa shape index (κ2) is 6.32. The summed E-state index contributed by atoms with van der Waals surface area (Å²) >= 11 is 1.11. The maximum absolute atomic E-state index is 11.4. The number of thiazole rings is 1. The zero-order valence-corrected chi connectivity index (χ0v) is 12.5. The quantitative estimate of drug-likeness (QED) is 0.714. The van der Waals surface area contributed by atoms with Gasteiger partial charge >= 0.3 is 5.97 Å². The molecular weight excluding hydrogens is 278 g/mol. The Morgan fingerprint density at radius 3 is 2.65 bits per heavy atom. The van der Waals surface area contributed by atoms with Crippen LogP contribution in [0.3, 0.4) is 0 Å². The van der Waals surface area contributed by atoms with Crippen molar-refractivity contribution in [3.05, 3.63) is 10.6 Å². The molecule has 0 aromatic carbocycles. The van der Waals surface area contributed by atoms with Crippen molar-refractivity contribution < 1.29 is 14.7 Å². The number of hydrogen-bond acceptors (Lipinski definition) is 6. The Bertz CT molecular complexity index is 479. The summed E-state index contributed by atoms with van der Waals surface area (Å²) in [4.78, 5) is 29.0. The number of ketones is 1. The number of aromatic carboxylic acids is 1. The van der Waals surface area contributed by atoms with E-state index in [-0.39, 0.29) is 16.4 Å². The highest BCUT2D eigenvalue weighted by Gasteiger charge is 2.27. The van der Waals surface area contributed by atoms with Gasteiger partial charge in [0, 0.05) is 26.1 Å². The first-order valence-electron chi connectivity index (χ1n) is 6.76. The van der Waals surface area contributed by atoms with Crippen molar-refractivity contribution in [1.29, 1.82) is 0 Å². The molecule has 0 atom stereocenters. The molecule has 20 heavy (non-hydrogen) atoms. The average molecular weight is 297 g/mol. The van der Waals surface area contributed by atoms with Gasteiger partial charge in [0.1, 0.15) is 4.88 Å². The molecule has 0 unspecified atom stereocenters. The van der Waals surface area contributed by atoms with Gasteiger partial charge in [-0.05, 0) is 19.4 Å². The predicted molar refractivity (Wildman–Crippen MR) is 77.8 cm³/mol. The Kier molecular flexibility index (Phi) is 4.72. The van der Waals surface area contributed by atoms with E-state index in [4.69, 9.17) is 5.11 Å². The number of carbonyl (C=O) groups excluding carboxylic acids is 1. The summed E-state index contributed by atoms with van der Waals surface area (Å²) in [6.45, 7) is 6.11. The summed E-state index contributed by atoms with van der Waals surface area (Å²) in [7, 11) is 0. The summed E-state index contributed by atoms with van der Waals surface area (Å²) < 4.78 is 0. The minimum Gasteiger partial charge on any atom is -0.476 e. The van der Waals surface area contributed by atoms with Crippen molar-refractivity contribution in [3.8, 4) is 0 Å². The lowest BCUT2D eigenvalue weighted by Gasteiger charge is -2.19. The van der Waals surface area contributed by atoms with E-state index in [1.54, 1.807) is 0 Å². The number of carboxylic acid groups (broad SMARTS) is 1. The number of carbonyl (C=O) groups is 2. The fourth-order valence-corrected chi connectivity index (χ4v) is 3.00. The molecule has 1 fully saturated rings. The highest BCUT2D eigenvalue weighted by atomic mass is 32.1. The first-order valence-corrected chi connectivity index (χ1v) is 7.57. The molecule has 7 heteroatoms. The molecule has 2 N–H and O–H groups in total. The molecule has 0 aliphatic heterocycles. The number of Topliss-reactive ketones (excluding diaryl/α,β-unsaturated/α-hetero) is 1. The molecule has 1 aliphatic rings. The smallest absolute Gasteiger partial charge is 0.356 e. The summed E-state index contributed by atoms with van der Waals surface area (Å²) in [6.07, 6.45) is 2.53. The van der Waals surface area contributed by atoms with E-state index in [0.717, 1.165) is 24.4 Å². The molecule has 0 bridgehead atoms. The molecule has 0 radical (unpaired) electrons. The van der Waals surface area contributed by atoms with Crippen LogP contribution in [0, 0.1) is 0 Å². The van der Waals surface area contributed by atoms with Crippen LogP contribution in [0.1, 0.15) is 46.8 Å². The highest BCUT2D eigenvalue weighted by molar-refractivity contribution is 7.17. The van der Waals surface area contributed by atoms with Crippen LogP contribution in [-0.2, 0) is 0 Å². The van der Waals surface area contributed by atoms with Gasteiger partial charge in [0.05, 0.1) is 0 Å². The van der Waals surface area contributed by atoms with Crippen LogP contribution < -0.4 is 5.32 Å². The van der Waals surface area contributed by atoms with Crippen LogP contribution in [-0.4, -0.2) is 52.4 Å². The first-order chi connectivity index (χ1) is 9.52. The molecule has 1 heterocycles. The van der Waals surface area contributed by atoms with Gasteiger partial charge < -0.3 is 10.4 Å². The second-order valence-corrected chi connectivity index (χ2v) is 5.84. The van der Waals surface area contributed by atoms with Gasteiger partial charge in [-0.25, -0.2) is 9.78 Å². The number of likely N-dealkylation sites (N-methyl/N-ethyl adjacent to an activating group) is 1. The van der Waals surface area contributed by atoms with E-state index in [2.05, 4.69) is 22.1 Å². The molecule has 1 saturated carbocycles. The van der Waals surface area contributed by atoms with Crippen LogP contribution in [0.25, 0.3) is 0 Å². The highest BCUT2D eigenvalue weighted by Crippen LogP contribution is 2.26. The van der Waals surface area contributed by atoms with E-state index in [1.165, 1.54) is 19.8 Å². The lowest BCUT2D eigenvalue weighted by molar-refractivity contribution is 0.0687. The minimum atomic E-state index is -1.16. The fraction of sp³-hybridized carbons (Fsp3) is 0.615. The lowest BCUT2D eigenvalue weighted by atomic mass is 10.3. The number of nitrogens with one attached hydrogen (secondary N) is 1. The molecule has 0 spiro atoms. The summed E-state index contributed by atoms with van der Waals surface area (Å²) in [5, 5.41) is 12.6. The summed E-state index contributed by atoms with van der Waals surface area (Å²) in [6, 6.07) is 0.709. The summed E-state index contributed by atoms with van der Waals surface area (Å²) in [5.74, 6) is -1.42. The second-order valence-electron chi connectivity index (χ2n) is 4.84. The van der Waals surface area contributed by atoms with Gasteiger partial charge in [-0.2, -0.15) is 0 Å². The maximum atomic E-state index is 11.4. The van der Waals surface area contributed by atoms with Crippen LogP contribution in [0.2, 0.25) is 0 Å². The third kappa shape index (κ3) is 3.55. The average Bonchev–Trinajstić information content (AvgIpc) is 3.13. The number of rotatable bonds is 8. The van der Waals surface area contributed by atoms with Gasteiger partial charge in [0.15, 0.2) is 16.6 Å². The minimum absolute atomic E-state index is 0.153. The van der Waals surface area contributed by atoms with Gasteiger partial charge in [-0.15, -0.1) is 0 Å². The van der Waals surface area contributed by atoms with E-state index >= 15 is 0 Å². The number of aromatic nitrogens is 1. The summed E-state index contributed by atoms with van der Waals surface area (Å²) in [5.41, 5.74) is -0.153. The first kappa shape index (κ1) is 14.9. The van der Waals surface area contributed by atoms with E-state index < -0.39 is 5.97 Å². The maximum Gasteiger partial charge on any atom is 0.356 e.